The lowest BCUT2D eigenvalue weighted by Crippen LogP contribution is -2.19. The summed E-state index contributed by atoms with van der Waals surface area (Å²) in [5, 5.41) is 29.4. The molecule has 0 aromatic carbocycles. The number of aliphatic hydroxyl groups excluding tert-OH is 2. The molecule has 0 spiro atoms. The molecular formula is C22H36O4. The number of carboxylic acid groups (broad SMARTS) is 1. The normalized spacial score (nSPS) is 33.8. The highest BCUT2D eigenvalue weighted by atomic mass is 16.4. The number of hydrogen-bond acceptors (Lipinski definition) is 3. The van der Waals surface area contributed by atoms with E-state index in [1.807, 2.05) is 6.08 Å². The Bertz CT molecular complexity index is 524. The summed E-state index contributed by atoms with van der Waals surface area (Å²) in [6, 6.07) is 0. The van der Waals surface area contributed by atoms with Crippen molar-refractivity contribution in [3.63, 3.8) is 0 Å². The van der Waals surface area contributed by atoms with E-state index in [9.17, 15) is 15.0 Å². The summed E-state index contributed by atoms with van der Waals surface area (Å²) >= 11 is 0. The van der Waals surface area contributed by atoms with E-state index in [1.165, 1.54) is 5.57 Å². The zero-order valence-electron chi connectivity index (χ0n) is 16.4. The van der Waals surface area contributed by atoms with Gasteiger partial charge in [0.2, 0.25) is 0 Å². The molecule has 0 unspecified atom stereocenters. The van der Waals surface area contributed by atoms with E-state index in [-0.39, 0.29) is 23.9 Å². The first-order valence-corrected chi connectivity index (χ1v) is 10.3. The van der Waals surface area contributed by atoms with E-state index in [1.54, 1.807) is 0 Å². The fourth-order valence-electron chi connectivity index (χ4n) is 4.89. The molecule has 0 heterocycles. The summed E-state index contributed by atoms with van der Waals surface area (Å²) < 4.78 is 0. The van der Waals surface area contributed by atoms with Gasteiger partial charge in [-0.1, -0.05) is 56.9 Å². The van der Waals surface area contributed by atoms with Crippen LogP contribution in [0, 0.1) is 17.3 Å². The molecule has 0 aromatic heterocycles. The van der Waals surface area contributed by atoms with Crippen LogP contribution in [0.5, 0.6) is 0 Å². The minimum atomic E-state index is -0.732. The Hall–Kier alpha value is -1.13. The molecule has 4 nitrogen and oxygen atoms in total. The average Bonchev–Trinajstić information content (AvgIpc) is 2.99. The quantitative estimate of drug-likeness (QED) is 0.395. The Labute approximate surface area is 158 Å². The van der Waals surface area contributed by atoms with Crippen LogP contribution in [0.2, 0.25) is 0 Å². The van der Waals surface area contributed by atoms with Crippen LogP contribution in [0.4, 0.5) is 0 Å². The van der Waals surface area contributed by atoms with Crippen molar-refractivity contribution in [2.75, 3.05) is 0 Å². The Morgan fingerprint density at radius 2 is 2.12 bits per heavy atom. The highest BCUT2D eigenvalue weighted by Gasteiger charge is 2.52. The van der Waals surface area contributed by atoms with Gasteiger partial charge in [-0.2, -0.15) is 0 Å². The molecule has 5 atom stereocenters. The van der Waals surface area contributed by atoms with Crippen LogP contribution in [0.15, 0.2) is 23.8 Å². The van der Waals surface area contributed by atoms with Gasteiger partial charge in [-0.25, -0.2) is 0 Å². The third kappa shape index (κ3) is 5.68. The second kappa shape index (κ2) is 9.70. The standard InChI is InChI=1S/C22H36O4/c1-3-4-5-9-17(23)11-12-18-19-13-16(8-6-7-10-21(25)26)14-22(19,2)15-20(18)24/h8,11-12,17-20,23-24H,3-7,9-10,13-15H2,1-2H3,(H,25,26)/b12-11+,16-8-/t17-,18+,19+,20+,22-/m0/s1. The van der Waals surface area contributed by atoms with Crippen LogP contribution < -0.4 is 0 Å². The first-order chi connectivity index (χ1) is 12.4. The summed E-state index contributed by atoms with van der Waals surface area (Å²) in [4.78, 5) is 10.6. The van der Waals surface area contributed by atoms with Crippen molar-refractivity contribution >= 4 is 5.97 Å². The highest BCUT2D eigenvalue weighted by Crippen LogP contribution is 2.58. The molecule has 148 valence electrons. The number of carboxylic acids is 1. The molecule has 0 aromatic rings. The number of unbranched alkanes of at least 4 members (excludes halogenated alkanes) is 3. The Morgan fingerprint density at radius 3 is 2.81 bits per heavy atom. The van der Waals surface area contributed by atoms with E-state index in [2.05, 4.69) is 26.0 Å². The first-order valence-electron chi connectivity index (χ1n) is 10.3. The van der Waals surface area contributed by atoms with Crippen molar-refractivity contribution in [3.8, 4) is 0 Å². The number of aliphatic hydroxyl groups is 2. The van der Waals surface area contributed by atoms with Crippen LogP contribution in [-0.2, 0) is 4.79 Å². The maximum absolute atomic E-state index is 10.6. The number of allylic oxidation sites excluding steroid dienone is 2. The van der Waals surface area contributed by atoms with Gasteiger partial charge in [-0.15, -0.1) is 0 Å². The molecule has 0 radical (unpaired) electrons. The Kier molecular flexibility index (Phi) is 7.90. The van der Waals surface area contributed by atoms with E-state index < -0.39 is 12.1 Å². The third-order valence-corrected chi connectivity index (χ3v) is 6.28. The summed E-state index contributed by atoms with van der Waals surface area (Å²) in [6.45, 7) is 4.43. The van der Waals surface area contributed by atoms with E-state index >= 15 is 0 Å². The lowest BCUT2D eigenvalue weighted by Gasteiger charge is -2.24. The minimum absolute atomic E-state index is 0.116. The van der Waals surface area contributed by atoms with Crippen LogP contribution in [-0.4, -0.2) is 33.5 Å². The van der Waals surface area contributed by atoms with Gasteiger partial charge in [0.15, 0.2) is 0 Å². The van der Waals surface area contributed by atoms with Gasteiger partial charge in [-0.3, -0.25) is 4.79 Å². The number of rotatable bonds is 10. The van der Waals surface area contributed by atoms with Crippen molar-refractivity contribution in [2.24, 2.45) is 17.3 Å². The second-order valence-corrected chi connectivity index (χ2v) is 8.59. The van der Waals surface area contributed by atoms with E-state index in [0.29, 0.717) is 12.3 Å². The summed E-state index contributed by atoms with van der Waals surface area (Å²) in [6.07, 6.45) is 14.1. The Balaban J connectivity index is 1.91. The molecule has 4 heteroatoms. The smallest absolute Gasteiger partial charge is 0.303 e. The second-order valence-electron chi connectivity index (χ2n) is 8.59. The zero-order chi connectivity index (χ0) is 19.2. The minimum Gasteiger partial charge on any atom is -0.481 e. The monoisotopic (exact) mass is 364 g/mol. The van der Waals surface area contributed by atoms with E-state index in [4.69, 9.17) is 5.11 Å². The van der Waals surface area contributed by atoms with Crippen LogP contribution in [0.3, 0.4) is 0 Å². The first kappa shape index (κ1) is 21.2. The molecule has 2 fully saturated rings. The molecule has 0 bridgehead atoms. The SMILES string of the molecule is CCCCC[C@H](O)/C=C/[C@H]1[C@H](O)C[C@]2(C)C/C(=C\CCCC(=O)O)C[C@H]12. The van der Waals surface area contributed by atoms with Gasteiger partial charge in [0.1, 0.15) is 0 Å². The Morgan fingerprint density at radius 1 is 1.35 bits per heavy atom. The number of carbonyl (C=O) groups is 1. The number of fused-ring (bicyclic) bond motifs is 1. The van der Waals surface area contributed by atoms with Crippen molar-refractivity contribution < 1.29 is 20.1 Å². The van der Waals surface area contributed by atoms with Crippen LogP contribution in [0.1, 0.15) is 78.1 Å². The molecule has 2 aliphatic carbocycles. The lowest BCUT2D eigenvalue weighted by molar-refractivity contribution is -0.137. The van der Waals surface area contributed by atoms with Gasteiger partial charge in [0, 0.05) is 12.3 Å². The van der Waals surface area contributed by atoms with Crippen molar-refractivity contribution in [3.05, 3.63) is 23.8 Å². The van der Waals surface area contributed by atoms with Crippen molar-refractivity contribution in [1.82, 2.24) is 0 Å². The molecule has 26 heavy (non-hydrogen) atoms. The van der Waals surface area contributed by atoms with Crippen molar-refractivity contribution in [1.29, 1.82) is 0 Å². The summed E-state index contributed by atoms with van der Waals surface area (Å²) in [5.41, 5.74) is 1.54. The molecule has 0 amide bonds. The summed E-state index contributed by atoms with van der Waals surface area (Å²) in [5.74, 6) is -0.197. The molecule has 0 saturated heterocycles. The van der Waals surface area contributed by atoms with Gasteiger partial charge in [-0.05, 0) is 49.9 Å². The predicted molar refractivity (Wildman–Crippen MR) is 104 cm³/mol. The molecule has 3 N–H and O–H groups in total. The molecule has 2 rings (SSSR count). The maximum Gasteiger partial charge on any atom is 0.303 e. The average molecular weight is 365 g/mol. The fourth-order valence-corrected chi connectivity index (χ4v) is 4.89. The maximum atomic E-state index is 10.6. The van der Waals surface area contributed by atoms with Crippen LogP contribution >= 0.6 is 0 Å². The van der Waals surface area contributed by atoms with Gasteiger partial charge >= 0.3 is 5.97 Å². The number of aliphatic carboxylic acids is 1. The predicted octanol–water partition coefficient (Wildman–Crippen LogP) is 4.46. The highest BCUT2D eigenvalue weighted by molar-refractivity contribution is 5.66. The van der Waals surface area contributed by atoms with E-state index in [0.717, 1.165) is 51.4 Å². The topological polar surface area (TPSA) is 77.8 Å². The zero-order valence-corrected chi connectivity index (χ0v) is 16.4. The summed E-state index contributed by atoms with van der Waals surface area (Å²) in [7, 11) is 0. The van der Waals surface area contributed by atoms with Crippen LogP contribution in [0.25, 0.3) is 0 Å². The number of hydrogen-bond donors (Lipinski definition) is 3. The van der Waals surface area contributed by atoms with Gasteiger partial charge in [0.25, 0.3) is 0 Å². The lowest BCUT2D eigenvalue weighted by atomic mass is 9.80. The third-order valence-electron chi connectivity index (χ3n) is 6.28. The fraction of sp³-hybridized carbons (Fsp3) is 0.773. The molecule has 2 aliphatic rings. The van der Waals surface area contributed by atoms with Gasteiger partial charge in [0.05, 0.1) is 12.2 Å². The molecule has 2 saturated carbocycles. The molecular weight excluding hydrogens is 328 g/mol. The van der Waals surface area contributed by atoms with Gasteiger partial charge < -0.3 is 15.3 Å². The van der Waals surface area contributed by atoms with Crippen molar-refractivity contribution in [2.45, 2.75) is 90.3 Å². The largest absolute Gasteiger partial charge is 0.481 e. The molecule has 0 aliphatic heterocycles.